The van der Waals surface area contributed by atoms with Crippen LogP contribution in [0.1, 0.15) is 36.1 Å². The summed E-state index contributed by atoms with van der Waals surface area (Å²) in [6.07, 6.45) is 1.73. The van der Waals surface area contributed by atoms with Gasteiger partial charge in [0.25, 0.3) is 5.91 Å². The Labute approximate surface area is 128 Å². The van der Waals surface area contributed by atoms with Gasteiger partial charge in [-0.15, -0.1) is 11.3 Å². The highest BCUT2D eigenvalue weighted by Crippen LogP contribution is 2.26. The third-order valence-electron chi connectivity index (χ3n) is 2.87. The van der Waals surface area contributed by atoms with Gasteiger partial charge in [-0.2, -0.15) is 0 Å². The van der Waals surface area contributed by atoms with E-state index in [1.807, 2.05) is 18.2 Å². The minimum absolute atomic E-state index is 0.0646. The molecule has 0 spiro atoms. The van der Waals surface area contributed by atoms with Gasteiger partial charge < -0.3 is 10.6 Å². The van der Waals surface area contributed by atoms with Gasteiger partial charge in [0.15, 0.2) is 0 Å². The van der Waals surface area contributed by atoms with Crippen LogP contribution in [0.4, 0.5) is 5.82 Å². The maximum Gasteiger partial charge on any atom is 0.263 e. The van der Waals surface area contributed by atoms with Crippen molar-refractivity contribution in [2.75, 3.05) is 18.4 Å². The Balaban J connectivity index is 1.84. The summed E-state index contributed by atoms with van der Waals surface area (Å²) in [7, 11) is 0. The molecule has 0 unspecified atom stereocenters. The van der Waals surface area contributed by atoms with Crippen LogP contribution >= 0.6 is 11.3 Å². The van der Waals surface area contributed by atoms with Crippen molar-refractivity contribution in [3.8, 4) is 0 Å². The second-order valence-corrected chi connectivity index (χ2v) is 6.53. The van der Waals surface area contributed by atoms with Gasteiger partial charge in [-0.25, -0.2) is 9.97 Å². The summed E-state index contributed by atoms with van der Waals surface area (Å²) in [4.78, 5) is 21.4. The molecule has 2 rings (SSSR count). The fourth-order valence-corrected chi connectivity index (χ4v) is 2.77. The van der Waals surface area contributed by atoms with Gasteiger partial charge in [-0.1, -0.05) is 26.8 Å². The summed E-state index contributed by atoms with van der Waals surface area (Å²) in [5, 5.41) is 6.06. The van der Waals surface area contributed by atoms with Crippen LogP contribution in [0.15, 0.2) is 29.9 Å². The quantitative estimate of drug-likeness (QED) is 0.833. The maximum absolute atomic E-state index is 12.2. The number of anilines is 1. The summed E-state index contributed by atoms with van der Waals surface area (Å²) >= 11 is 1.38. The first-order chi connectivity index (χ1) is 9.98. The van der Waals surface area contributed by atoms with E-state index in [9.17, 15) is 4.79 Å². The number of aromatic nitrogens is 2. The van der Waals surface area contributed by atoms with Crippen molar-refractivity contribution >= 4 is 23.1 Å². The van der Waals surface area contributed by atoms with Crippen molar-refractivity contribution in [3.63, 3.8) is 0 Å². The van der Waals surface area contributed by atoms with Crippen LogP contribution in [0.3, 0.4) is 0 Å². The highest BCUT2D eigenvalue weighted by atomic mass is 32.1. The van der Waals surface area contributed by atoms with E-state index in [2.05, 4.69) is 41.4 Å². The van der Waals surface area contributed by atoms with Crippen LogP contribution < -0.4 is 10.6 Å². The molecule has 2 aromatic heterocycles. The highest BCUT2D eigenvalue weighted by Gasteiger charge is 2.24. The van der Waals surface area contributed by atoms with Crippen molar-refractivity contribution < 1.29 is 4.79 Å². The van der Waals surface area contributed by atoms with Gasteiger partial charge in [0.05, 0.1) is 11.2 Å². The van der Waals surface area contributed by atoms with Crippen LogP contribution in [0.25, 0.3) is 0 Å². The van der Waals surface area contributed by atoms with Gasteiger partial charge in [0.1, 0.15) is 10.7 Å². The fraction of sp³-hybridized carbons (Fsp3) is 0.400. The average molecular weight is 304 g/mol. The number of carbonyl (C=O) groups excluding carboxylic acids is 1. The monoisotopic (exact) mass is 304 g/mol. The van der Waals surface area contributed by atoms with Gasteiger partial charge in [-0.3, -0.25) is 4.79 Å². The van der Waals surface area contributed by atoms with E-state index >= 15 is 0 Å². The van der Waals surface area contributed by atoms with E-state index in [1.54, 1.807) is 11.7 Å². The van der Waals surface area contributed by atoms with Crippen LogP contribution in [0, 0.1) is 0 Å². The molecule has 5 nitrogen and oxygen atoms in total. The van der Waals surface area contributed by atoms with Gasteiger partial charge in [0, 0.05) is 24.7 Å². The van der Waals surface area contributed by atoms with Gasteiger partial charge in [-0.05, 0) is 12.1 Å². The molecular weight excluding hydrogens is 284 g/mol. The molecule has 0 aliphatic carbocycles. The zero-order chi connectivity index (χ0) is 15.3. The molecule has 6 heteroatoms. The number of nitrogens with zero attached hydrogens (tertiary/aromatic N) is 2. The van der Waals surface area contributed by atoms with E-state index in [4.69, 9.17) is 0 Å². The largest absolute Gasteiger partial charge is 0.368 e. The number of hydrogen-bond acceptors (Lipinski definition) is 5. The lowest BCUT2D eigenvalue weighted by molar-refractivity contribution is 0.0957. The lowest BCUT2D eigenvalue weighted by Crippen LogP contribution is -2.30. The molecule has 112 valence electrons. The molecule has 0 radical (unpaired) electrons. The number of hydrogen-bond donors (Lipinski definition) is 2. The smallest absolute Gasteiger partial charge is 0.263 e. The Bertz CT molecular complexity index is 589. The summed E-state index contributed by atoms with van der Waals surface area (Å²) in [5.74, 6) is 0.741. The number of thiazole rings is 1. The Kier molecular flexibility index (Phi) is 4.90. The minimum Gasteiger partial charge on any atom is -0.368 e. The second kappa shape index (κ2) is 6.67. The van der Waals surface area contributed by atoms with E-state index < -0.39 is 0 Å². The number of rotatable bonds is 5. The van der Waals surface area contributed by atoms with Crippen molar-refractivity contribution in [1.82, 2.24) is 15.3 Å². The molecule has 0 aromatic carbocycles. The first-order valence-electron chi connectivity index (χ1n) is 6.85. The number of amides is 1. The Morgan fingerprint density at radius 3 is 2.71 bits per heavy atom. The fourth-order valence-electron chi connectivity index (χ4n) is 1.86. The van der Waals surface area contributed by atoms with Crippen molar-refractivity contribution in [2.45, 2.75) is 26.2 Å². The first kappa shape index (κ1) is 15.4. The van der Waals surface area contributed by atoms with E-state index in [0.717, 1.165) is 11.5 Å². The van der Waals surface area contributed by atoms with Crippen LogP contribution in [0.5, 0.6) is 0 Å². The van der Waals surface area contributed by atoms with Crippen molar-refractivity contribution in [2.24, 2.45) is 0 Å². The Morgan fingerprint density at radius 1 is 1.24 bits per heavy atom. The number of nitrogens with one attached hydrogen (secondary N) is 2. The van der Waals surface area contributed by atoms with Crippen molar-refractivity contribution in [1.29, 1.82) is 0 Å². The first-order valence-corrected chi connectivity index (χ1v) is 7.73. The molecule has 0 saturated carbocycles. The Hall–Kier alpha value is -1.95. The normalized spacial score (nSPS) is 11.2. The van der Waals surface area contributed by atoms with E-state index in [-0.39, 0.29) is 11.3 Å². The lowest BCUT2D eigenvalue weighted by atomic mass is 9.91. The molecule has 0 aliphatic heterocycles. The predicted octanol–water partition coefficient (Wildman–Crippen LogP) is 2.68. The standard InChI is InChI=1S/C15H20N4OS/c1-15(2,3)13-12(21-10-19-13)14(20)18-9-8-17-11-6-4-5-7-16-11/h4-7,10H,8-9H2,1-3H3,(H,16,17)(H,18,20). The average Bonchev–Trinajstić information content (AvgIpc) is 2.94. The maximum atomic E-state index is 12.2. The SMILES string of the molecule is CC(C)(C)c1ncsc1C(=O)NCCNc1ccccn1. The molecule has 2 N–H and O–H groups in total. The second-order valence-electron chi connectivity index (χ2n) is 5.68. The molecule has 0 aliphatic rings. The van der Waals surface area contributed by atoms with Gasteiger partial charge >= 0.3 is 0 Å². The number of pyridine rings is 1. The minimum atomic E-state index is -0.126. The molecule has 0 bridgehead atoms. The van der Waals surface area contributed by atoms with Crippen molar-refractivity contribution in [3.05, 3.63) is 40.5 Å². The van der Waals surface area contributed by atoms with Crippen LogP contribution in [-0.4, -0.2) is 29.0 Å². The topological polar surface area (TPSA) is 66.9 Å². The highest BCUT2D eigenvalue weighted by molar-refractivity contribution is 7.11. The van der Waals surface area contributed by atoms with Gasteiger partial charge in [0.2, 0.25) is 0 Å². The lowest BCUT2D eigenvalue weighted by Gasteiger charge is -2.17. The third kappa shape index (κ3) is 4.26. The zero-order valence-corrected chi connectivity index (χ0v) is 13.3. The zero-order valence-electron chi connectivity index (χ0n) is 12.5. The molecule has 0 atom stereocenters. The third-order valence-corrected chi connectivity index (χ3v) is 3.69. The molecule has 21 heavy (non-hydrogen) atoms. The molecule has 0 saturated heterocycles. The van der Waals surface area contributed by atoms with Crippen LogP contribution in [0.2, 0.25) is 0 Å². The molecule has 0 fully saturated rings. The predicted molar refractivity (Wildman–Crippen MR) is 85.9 cm³/mol. The van der Waals surface area contributed by atoms with E-state index in [0.29, 0.717) is 18.0 Å². The number of carbonyl (C=O) groups is 1. The van der Waals surface area contributed by atoms with E-state index in [1.165, 1.54) is 11.3 Å². The molecule has 2 aromatic rings. The summed E-state index contributed by atoms with van der Waals surface area (Å²) in [5.41, 5.74) is 2.45. The molecule has 1 amide bonds. The molecular formula is C15H20N4OS. The Morgan fingerprint density at radius 2 is 2.05 bits per heavy atom. The summed E-state index contributed by atoms with van der Waals surface area (Å²) in [6.45, 7) is 7.34. The summed E-state index contributed by atoms with van der Waals surface area (Å²) < 4.78 is 0. The van der Waals surface area contributed by atoms with Crippen LogP contribution in [-0.2, 0) is 5.41 Å². The summed E-state index contributed by atoms with van der Waals surface area (Å²) in [6, 6.07) is 5.67. The molecule has 2 heterocycles.